The molecule has 1 aliphatic heterocycles. The van der Waals surface area contributed by atoms with Crippen molar-refractivity contribution in [2.75, 3.05) is 23.7 Å². The monoisotopic (exact) mass is 377 g/mol. The molecule has 0 bridgehead atoms. The number of anilines is 2. The normalized spacial score (nSPS) is 15.0. The van der Waals surface area contributed by atoms with Crippen molar-refractivity contribution in [3.05, 3.63) is 46.3 Å². The second-order valence-corrected chi connectivity index (χ2v) is 7.43. The highest BCUT2D eigenvalue weighted by atomic mass is 35.5. The number of urea groups is 1. The fraction of sp³-hybridized carbons (Fsp3) is 0.333. The lowest BCUT2D eigenvalue weighted by Crippen LogP contribution is -2.43. The van der Waals surface area contributed by atoms with Gasteiger partial charge in [-0.15, -0.1) is 11.3 Å². The van der Waals surface area contributed by atoms with Crippen molar-refractivity contribution in [2.45, 2.75) is 19.8 Å². The quantitative estimate of drug-likeness (QED) is 0.821. The molecular formula is C18H20ClN3O2S. The molecule has 1 saturated heterocycles. The summed E-state index contributed by atoms with van der Waals surface area (Å²) >= 11 is 7.58. The largest absolute Gasteiger partial charge is 0.326 e. The number of thiophene rings is 1. The van der Waals surface area contributed by atoms with Crippen molar-refractivity contribution in [1.29, 1.82) is 0 Å². The minimum Gasteiger partial charge on any atom is -0.326 e. The number of hydrogen-bond acceptors (Lipinski definition) is 3. The Morgan fingerprint density at radius 2 is 1.92 bits per heavy atom. The average molecular weight is 378 g/mol. The van der Waals surface area contributed by atoms with Gasteiger partial charge >= 0.3 is 6.03 Å². The van der Waals surface area contributed by atoms with Gasteiger partial charge in [0.2, 0.25) is 5.91 Å². The molecular weight excluding hydrogens is 358 g/mol. The number of likely N-dealkylation sites (tertiary alicyclic amines) is 1. The third-order valence-electron chi connectivity index (χ3n) is 4.43. The molecule has 5 nitrogen and oxygen atoms in total. The summed E-state index contributed by atoms with van der Waals surface area (Å²) < 4.78 is 0. The molecule has 0 spiro atoms. The number of carbonyl (C=O) groups excluding carboxylic acids is 2. The molecule has 0 radical (unpaired) electrons. The van der Waals surface area contributed by atoms with E-state index in [-0.39, 0.29) is 17.9 Å². The van der Waals surface area contributed by atoms with Crippen LogP contribution in [0.3, 0.4) is 0 Å². The third kappa shape index (κ3) is 4.32. The summed E-state index contributed by atoms with van der Waals surface area (Å²) in [5, 5.41) is 9.23. The summed E-state index contributed by atoms with van der Waals surface area (Å²) in [4.78, 5) is 26.5. The molecule has 25 heavy (non-hydrogen) atoms. The maximum Gasteiger partial charge on any atom is 0.322 e. The van der Waals surface area contributed by atoms with Crippen LogP contribution in [0, 0.1) is 12.8 Å². The van der Waals surface area contributed by atoms with Gasteiger partial charge in [0.25, 0.3) is 0 Å². The second kappa shape index (κ2) is 7.89. The minimum atomic E-state index is -0.105. The van der Waals surface area contributed by atoms with E-state index in [1.807, 2.05) is 36.6 Å². The van der Waals surface area contributed by atoms with Crippen LogP contribution < -0.4 is 10.6 Å². The van der Waals surface area contributed by atoms with Gasteiger partial charge in [0, 0.05) is 29.7 Å². The van der Waals surface area contributed by atoms with Crippen LogP contribution in [0.1, 0.15) is 18.4 Å². The summed E-state index contributed by atoms with van der Waals surface area (Å²) in [5.41, 5.74) is 1.61. The Bertz CT molecular complexity index is 756. The number of piperidine rings is 1. The Kier molecular flexibility index (Phi) is 5.60. The number of halogens is 1. The lowest BCUT2D eigenvalue weighted by atomic mass is 9.96. The SMILES string of the molecule is Cc1c(Cl)cccc1NC(=O)C1CCN(C(=O)Nc2cccs2)CC1. The fourth-order valence-corrected chi connectivity index (χ4v) is 3.64. The molecule has 1 aromatic heterocycles. The van der Waals surface area contributed by atoms with Gasteiger partial charge in [0.1, 0.15) is 0 Å². The molecule has 3 amide bonds. The molecule has 0 saturated carbocycles. The van der Waals surface area contributed by atoms with Crippen LogP contribution in [0.2, 0.25) is 5.02 Å². The Morgan fingerprint density at radius 3 is 2.60 bits per heavy atom. The van der Waals surface area contributed by atoms with E-state index in [1.54, 1.807) is 11.0 Å². The first-order valence-corrected chi connectivity index (χ1v) is 9.46. The highest BCUT2D eigenvalue weighted by Gasteiger charge is 2.27. The van der Waals surface area contributed by atoms with E-state index in [9.17, 15) is 9.59 Å². The molecule has 0 atom stereocenters. The first-order chi connectivity index (χ1) is 12.0. The summed E-state index contributed by atoms with van der Waals surface area (Å²) in [5.74, 6) is -0.104. The molecule has 7 heteroatoms. The first-order valence-electron chi connectivity index (χ1n) is 8.20. The van der Waals surface area contributed by atoms with Crippen LogP contribution in [-0.2, 0) is 4.79 Å². The van der Waals surface area contributed by atoms with E-state index in [0.717, 1.165) is 16.3 Å². The van der Waals surface area contributed by atoms with Crippen molar-refractivity contribution < 1.29 is 9.59 Å². The Morgan fingerprint density at radius 1 is 1.16 bits per heavy atom. The molecule has 1 aliphatic rings. The molecule has 1 aromatic carbocycles. The van der Waals surface area contributed by atoms with E-state index in [0.29, 0.717) is 31.0 Å². The summed E-state index contributed by atoms with van der Waals surface area (Å²) in [7, 11) is 0. The molecule has 2 aromatic rings. The number of nitrogens with zero attached hydrogens (tertiary/aromatic N) is 1. The molecule has 3 rings (SSSR count). The van der Waals surface area contributed by atoms with Gasteiger partial charge in [-0.3, -0.25) is 10.1 Å². The van der Waals surface area contributed by atoms with Crippen LogP contribution in [0.25, 0.3) is 0 Å². The number of amides is 3. The molecule has 0 aliphatic carbocycles. The first kappa shape index (κ1) is 17.8. The standard InChI is InChI=1S/C18H20ClN3O2S/c1-12-14(19)4-2-5-15(12)20-17(23)13-7-9-22(10-8-13)18(24)21-16-6-3-11-25-16/h2-6,11,13H,7-10H2,1H3,(H,20,23)(H,21,24). The second-order valence-electron chi connectivity index (χ2n) is 6.07. The zero-order valence-corrected chi connectivity index (χ0v) is 15.5. The zero-order valence-electron chi connectivity index (χ0n) is 13.9. The number of carbonyl (C=O) groups is 2. The number of nitrogens with one attached hydrogen (secondary N) is 2. The van der Waals surface area contributed by atoms with E-state index in [1.165, 1.54) is 11.3 Å². The number of rotatable bonds is 3. The zero-order chi connectivity index (χ0) is 17.8. The Labute approximate surface area is 156 Å². The predicted octanol–water partition coefficient (Wildman–Crippen LogP) is 4.59. The van der Waals surface area contributed by atoms with Crippen LogP contribution in [0.5, 0.6) is 0 Å². The number of hydrogen-bond donors (Lipinski definition) is 2. The third-order valence-corrected chi connectivity index (χ3v) is 5.62. The van der Waals surface area contributed by atoms with Gasteiger partial charge in [0.05, 0.1) is 5.00 Å². The van der Waals surface area contributed by atoms with Gasteiger partial charge in [-0.25, -0.2) is 4.79 Å². The molecule has 2 N–H and O–H groups in total. The van der Waals surface area contributed by atoms with E-state index < -0.39 is 0 Å². The van der Waals surface area contributed by atoms with Gasteiger partial charge in [-0.05, 0) is 55.0 Å². The minimum absolute atomic E-state index is 0.0105. The van der Waals surface area contributed by atoms with Crippen LogP contribution in [0.15, 0.2) is 35.7 Å². The Balaban J connectivity index is 1.52. The highest BCUT2D eigenvalue weighted by Crippen LogP contribution is 2.25. The lowest BCUT2D eigenvalue weighted by molar-refractivity contribution is -0.121. The average Bonchev–Trinajstić information content (AvgIpc) is 3.12. The molecule has 0 unspecified atom stereocenters. The highest BCUT2D eigenvalue weighted by molar-refractivity contribution is 7.14. The van der Waals surface area contributed by atoms with Gasteiger partial charge in [-0.1, -0.05) is 17.7 Å². The molecule has 132 valence electrons. The van der Waals surface area contributed by atoms with Crippen molar-refractivity contribution in [3.8, 4) is 0 Å². The summed E-state index contributed by atoms with van der Waals surface area (Å²) in [6.45, 7) is 3.03. The number of benzene rings is 1. The molecule has 1 fully saturated rings. The maximum atomic E-state index is 12.5. The van der Waals surface area contributed by atoms with Crippen molar-refractivity contribution >= 4 is 45.6 Å². The van der Waals surface area contributed by atoms with Gasteiger partial charge in [-0.2, -0.15) is 0 Å². The van der Waals surface area contributed by atoms with E-state index in [2.05, 4.69) is 10.6 Å². The fourth-order valence-electron chi connectivity index (χ4n) is 2.86. The van der Waals surface area contributed by atoms with Crippen molar-refractivity contribution in [2.24, 2.45) is 5.92 Å². The Hall–Kier alpha value is -2.05. The van der Waals surface area contributed by atoms with E-state index in [4.69, 9.17) is 11.6 Å². The van der Waals surface area contributed by atoms with Crippen molar-refractivity contribution in [3.63, 3.8) is 0 Å². The van der Waals surface area contributed by atoms with Crippen LogP contribution in [0.4, 0.5) is 15.5 Å². The van der Waals surface area contributed by atoms with E-state index >= 15 is 0 Å². The van der Waals surface area contributed by atoms with Crippen molar-refractivity contribution in [1.82, 2.24) is 4.90 Å². The summed E-state index contributed by atoms with van der Waals surface area (Å²) in [6.07, 6.45) is 1.31. The van der Waals surface area contributed by atoms with Crippen LogP contribution in [-0.4, -0.2) is 29.9 Å². The smallest absolute Gasteiger partial charge is 0.322 e. The van der Waals surface area contributed by atoms with Gasteiger partial charge in [0.15, 0.2) is 0 Å². The van der Waals surface area contributed by atoms with Gasteiger partial charge < -0.3 is 10.2 Å². The lowest BCUT2D eigenvalue weighted by Gasteiger charge is -2.31. The maximum absolute atomic E-state index is 12.5. The topological polar surface area (TPSA) is 61.4 Å². The molecule has 2 heterocycles. The summed E-state index contributed by atoms with van der Waals surface area (Å²) in [6, 6.07) is 9.14. The van der Waals surface area contributed by atoms with Crippen LogP contribution >= 0.6 is 22.9 Å². The predicted molar refractivity (Wildman–Crippen MR) is 102 cm³/mol.